The molecule has 21 heavy (non-hydrogen) atoms. The molecule has 0 saturated carbocycles. The van der Waals surface area contributed by atoms with Crippen molar-refractivity contribution in [2.24, 2.45) is 0 Å². The van der Waals surface area contributed by atoms with E-state index in [1.54, 1.807) is 6.33 Å². The quantitative estimate of drug-likeness (QED) is 0.800. The molecule has 0 radical (unpaired) electrons. The Morgan fingerprint density at radius 2 is 1.95 bits per heavy atom. The third kappa shape index (κ3) is 2.46. The second kappa shape index (κ2) is 5.16. The van der Waals surface area contributed by atoms with E-state index in [0.717, 1.165) is 22.5 Å². The number of rotatable bonds is 3. The van der Waals surface area contributed by atoms with Gasteiger partial charge in [0.2, 0.25) is 0 Å². The third-order valence-electron chi connectivity index (χ3n) is 3.37. The Bertz CT molecular complexity index is 788. The first-order valence-corrected chi connectivity index (χ1v) is 7.09. The summed E-state index contributed by atoms with van der Waals surface area (Å²) in [6.45, 7) is 8.35. The van der Waals surface area contributed by atoms with Gasteiger partial charge in [0.1, 0.15) is 12.1 Å². The van der Waals surface area contributed by atoms with E-state index in [4.69, 9.17) is 0 Å². The maximum Gasteiger partial charge on any atom is 0.168 e. The Morgan fingerprint density at radius 3 is 2.67 bits per heavy atom. The summed E-state index contributed by atoms with van der Waals surface area (Å²) in [6.07, 6.45) is 3.40. The Hall–Kier alpha value is -2.43. The standard InChI is InChI=1S/C16H19N5/c1-10(2)20-15-13-8-19-21(16(13)18-9-17-15)14-6-5-11(3)7-12(14)4/h5-10H,1-4H3,(H,17,18,20). The number of nitrogens with zero attached hydrogens (tertiary/aromatic N) is 4. The number of aryl methyl sites for hydroxylation is 2. The Labute approximate surface area is 124 Å². The maximum absolute atomic E-state index is 4.50. The van der Waals surface area contributed by atoms with Gasteiger partial charge in [-0.3, -0.25) is 0 Å². The lowest BCUT2D eigenvalue weighted by Gasteiger charge is -2.10. The number of benzene rings is 1. The predicted molar refractivity (Wildman–Crippen MR) is 84.9 cm³/mol. The van der Waals surface area contributed by atoms with E-state index in [-0.39, 0.29) is 0 Å². The summed E-state index contributed by atoms with van der Waals surface area (Å²) in [5.74, 6) is 0.825. The van der Waals surface area contributed by atoms with Crippen LogP contribution in [0.5, 0.6) is 0 Å². The molecule has 0 unspecified atom stereocenters. The predicted octanol–water partition coefficient (Wildman–Crippen LogP) is 3.25. The lowest BCUT2D eigenvalue weighted by atomic mass is 10.1. The van der Waals surface area contributed by atoms with E-state index in [0.29, 0.717) is 6.04 Å². The number of nitrogens with one attached hydrogen (secondary N) is 1. The van der Waals surface area contributed by atoms with Gasteiger partial charge in [0.15, 0.2) is 5.65 Å². The molecule has 0 spiro atoms. The molecule has 0 aliphatic rings. The number of hydrogen-bond donors (Lipinski definition) is 1. The van der Waals surface area contributed by atoms with Crippen molar-refractivity contribution in [3.8, 4) is 5.69 Å². The van der Waals surface area contributed by atoms with Gasteiger partial charge in [0, 0.05) is 6.04 Å². The van der Waals surface area contributed by atoms with E-state index in [9.17, 15) is 0 Å². The minimum absolute atomic E-state index is 0.313. The number of anilines is 1. The molecule has 0 fully saturated rings. The minimum atomic E-state index is 0.313. The van der Waals surface area contributed by atoms with Gasteiger partial charge in [-0.1, -0.05) is 17.7 Å². The van der Waals surface area contributed by atoms with Gasteiger partial charge in [-0.2, -0.15) is 5.10 Å². The van der Waals surface area contributed by atoms with Crippen molar-refractivity contribution in [3.05, 3.63) is 41.9 Å². The van der Waals surface area contributed by atoms with Crippen LogP contribution in [0.1, 0.15) is 25.0 Å². The van der Waals surface area contributed by atoms with Gasteiger partial charge in [-0.25, -0.2) is 14.6 Å². The molecule has 0 amide bonds. The molecule has 3 aromatic rings. The monoisotopic (exact) mass is 281 g/mol. The molecule has 0 atom stereocenters. The second-order valence-electron chi connectivity index (χ2n) is 5.60. The Kier molecular flexibility index (Phi) is 3.33. The highest BCUT2D eigenvalue weighted by Crippen LogP contribution is 2.24. The number of aromatic nitrogens is 4. The fraction of sp³-hybridized carbons (Fsp3) is 0.312. The van der Waals surface area contributed by atoms with Crippen LogP contribution >= 0.6 is 0 Å². The molecule has 3 rings (SSSR count). The zero-order chi connectivity index (χ0) is 15.0. The number of fused-ring (bicyclic) bond motifs is 1. The molecule has 2 heterocycles. The first kappa shape index (κ1) is 13.5. The van der Waals surface area contributed by atoms with Gasteiger partial charge < -0.3 is 5.32 Å². The SMILES string of the molecule is Cc1ccc(-n2ncc3c(NC(C)C)ncnc32)c(C)c1. The van der Waals surface area contributed by atoms with E-state index < -0.39 is 0 Å². The largest absolute Gasteiger partial charge is 0.367 e. The molecular weight excluding hydrogens is 262 g/mol. The topological polar surface area (TPSA) is 55.6 Å². The molecular formula is C16H19N5. The van der Waals surface area contributed by atoms with Gasteiger partial charge in [-0.05, 0) is 39.3 Å². The van der Waals surface area contributed by atoms with Gasteiger partial charge in [0.25, 0.3) is 0 Å². The molecule has 5 heteroatoms. The first-order valence-electron chi connectivity index (χ1n) is 7.09. The average Bonchev–Trinajstić information content (AvgIpc) is 2.83. The minimum Gasteiger partial charge on any atom is -0.367 e. The molecule has 0 saturated heterocycles. The summed E-state index contributed by atoms with van der Waals surface area (Å²) < 4.78 is 1.87. The van der Waals surface area contributed by atoms with Crippen LogP contribution in [0, 0.1) is 13.8 Å². The van der Waals surface area contributed by atoms with Crippen molar-refractivity contribution >= 4 is 16.9 Å². The van der Waals surface area contributed by atoms with Crippen LogP contribution in [-0.2, 0) is 0 Å². The summed E-state index contributed by atoms with van der Waals surface area (Å²) >= 11 is 0. The maximum atomic E-state index is 4.50. The fourth-order valence-electron chi connectivity index (χ4n) is 2.45. The Balaban J connectivity index is 2.16. The molecule has 5 nitrogen and oxygen atoms in total. The molecule has 0 aliphatic carbocycles. The lowest BCUT2D eigenvalue weighted by molar-refractivity contribution is 0.881. The third-order valence-corrected chi connectivity index (χ3v) is 3.37. The van der Waals surface area contributed by atoms with Crippen LogP contribution in [-0.4, -0.2) is 25.8 Å². The van der Waals surface area contributed by atoms with E-state index in [1.807, 2.05) is 10.9 Å². The van der Waals surface area contributed by atoms with E-state index in [2.05, 4.69) is 66.3 Å². The van der Waals surface area contributed by atoms with Crippen LogP contribution in [0.25, 0.3) is 16.7 Å². The van der Waals surface area contributed by atoms with E-state index in [1.165, 1.54) is 11.1 Å². The number of hydrogen-bond acceptors (Lipinski definition) is 4. The van der Waals surface area contributed by atoms with Crippen molar-refractivity contribution in [3.63, 3.8) is 0 Å². The van der Waals surface area contributed by atoms with Crippen LogP contribution in [0.3, 0.4) is 0 Å². The molecule has 108 valence electrons. The highest BCUT2D eigenvalue weighted by molar-refractivity contribution is 5.87. The molecule has 1 aromatic carbocycles. The summed E-state index contributed by atoms with van der Waals surface area (Å²) in [5.41, 5.74) is 4.28. The highest BCUT2D eigenvalue weighted by Gasteiger charge is 2.12. The van der Waals surface area contributed by atoms with Gasteiger partial charge in [0.05, 0.1) is 17.3 Å². The molecule has 0 bridgehead atoms. The van der Waals surface area contributed by atoms with Crippen LogP contribution in [0.2, 0.25) is 0 Å². The Morgan fingerprint density at radius 1 is 1.14 bits per heavy atom. The molecule has 2 aromatic heterocycles. The second-order valence-corrected chi connectivity index (χ2v) is 5.60. The molecule has 1 N–H and O–H groups in total. The normalized spacial score (nSPS) is 11.3. The van der Waals surface area contributed by atoms with Gasteiger partial charge >= 0.3 is 0 Å². The van der Waals surface area contributed by atoms with Crippen molar-refractivity contribution in [1.82, 2.24) is 19.7 Å². The van der Waals surface area contributed by atoms with Crippen molar-refractivity contribution < 1.29 is 0 Å². The van der Waals surface area contributed by atoms with Crippen LogP contribution in [0.15, 0.2) is 30.7 Å². The summed E-state index contributed by atoms with van der Waals surface area (Å²) in [5, 5.41) is 8.77. The zero-order valence-electron chi connectivity index (χ0n) is 12.8. The van der Waals surface area contributed by atoms with Crippen LogP contribution in [0.4, 0.5) is 5.82 Å². The first-order chi connectivity index (χ1) is 10.1. The van der Waals surface area contributed by atoms with Crippen molar-refractivity contribution in [2.75, 3.05) is 5.32 Å². The molecule has 0 aliphatic heterocycles. The smallest absolute Gasteiger partial charge is 0.168 e. The fourth-order valence-corrected chi connectivity index (χ4v) is 2.45. The van der Waals surface area contributed by atoms with Gasteiger partial charge in [-0.15, -0.1) is 0 Å². The lowest BCUT2D eigenvalue weighted by Crippen LogP contribution is -2.11. The highest BCUT2D eigenvalue weighted by atomic mass is 15.3. The van der Waals surface area contributed by atoms with E-state index >= 15 is 0 Å². The van der Waals surface area contributed by atoms with Crippen molar-refractivity contribution in [1.29, 1.82) is 0 Å². The van der Waals surface area contributed by atoms with Crippen LogP contribution < -0.4 is 5.32 Å². The summed E-state index contributed by atoms with van der Waals surface area (Å²) in [4.78, 5) is 8.71. The summed E-state index contributed by atoms with van der Waals surface area (Å²) in [6, 6.07) is 6.63. The average molecular weight is 281 g/mol. The zero-order valence-corrected chi connectivity index (χ0v) is 12.8. The van der Waals surface area contributed by atoms with Crippen molar-refractivity contribution in [2.45, 2.75) is 33.7 Å². The summed E-state index contributed by atoms with van der Waals surface area (Å²) in [7, 11) is 0.